The molecule has 4 aromatic rings. The van der Waals surface area contributed by atoms with Crippen LogP contribution in [-0.2, 0) is 11.4 Å². The van der Waals surface area contributed by atoms with Crippen LogP contribution in [0.25, 0.3) is 11.1 Å². The van der Waals surface area contributed by atoms with E-state index >= 15 is 0 Å². The molecule has 0 aliphatic heterocycles. The fourth-order valence-corrected chi connectivity index (χ4v) is 3.18. The number of para-hydroxylation sites is 1. The van der Waals surface area contributed by atoms with E-state index in [9.17, 15) is 4.79 Å². The maximum atomic E-state index is 12.1. The fourth-order valence-electron chi connectivity index (χ4n) is 3.18. The molecule has 5 nitrogen and oxygen atoms in total. The first-order valence-corrected chi connectivity index (χ1v) is 10.6. The van der Waals surface area contributed by atoms with Crippen molar-refractivity contribution in [1.29, 1.82) is 0 Å². The summed E-state index contributed by atoms with van der Waals surface area (Å²) in [5.41, 5.74) is 6.55. The smallest absolute Gasteiger partial charge is 0.277 e. The second-order valence-electron chi connectivity index (χ2n) is 7.28. The molecule has 4 rings (SSSR count). The number of hydrogen-bond donors (Lipinski definition) is 1. The number of nitrogens with zero attached hydrogens (tertiary/aromatic N) is 1. The van der Waals surface area contributed by atoms with Gasteiger partial charge in [-0.3, -0.25) is 4.79 Å². The third kappa shape index (κ3) is 6.55. The molecule has 0 aliphatic rings. The van der Waals surface area contributed by atoms with Gasteiger partial charge in [0.15, 0.2) is 6.61 Å². The Hall–Kier alpha value is -4.38. The van der Waals surface area contributed by atoms with E-state index in [1.165, 1.54) is 0 Å². The topological polar surface area (TPSA) is 59.9 Å². The van der Waals surface area contributed by atoms with Crippen LogP contribution in [-0.4, -0.2) is 18.7 Å². The van der Waals surface area contributed by atoms with E-state index in [1.807, 2.05) is 109 Å². The van der Waals surface area contributed by atoms with Crippen molar-refractivity contribution in [3.63, 3.8) is 0 Å². The molecule has 0 bridgehead atoms. The molecule has 0 saturated carbocycles. The summed E-state index contributed by atoms with van der Waals surface area (Å²) in [6, 6.07) is 35.2. The summed E-state index contributed by atoms with van der Waals surface area (Å²) in [5.74, 6) is 0.962. The van der Waals surface area contributed by atoms with Gasteiger partial charge in [0.1, 0.15) is 18.1 Å². The van der Waals surface area contributed by atoms with Crippen molar-refractivity contribution >= 4 is 12.1 Å². The van der Waals surface area contributed by atoms with Gasteiger partial charge in [-0.15, -0.1) is 0 Å². The zero-order valence-electron chi connectivity index (χ0n) is 18.1. The largest absolute Gasteiger partial charge is 0.488 e. The van der Waals surface area contributed by atoms with Crippen molar-refractivity contribution in [2.75, 3.05) is 6.61 Å². The molecule has 1 N–H and O–H groups in total. The van der Waals surface area contributed by atoms with Gasteiger partial charge >= 0.3 is 0 Å². The molecule has 0 aliphatic carbocycles. The van der Waals surface area contributed by atoms with Gasteiger partial charge < -0.3 is 9.47 Å². The molecule has 0 atom stereocenters. The van der Waals surface area contributed by atoms with Gasteiger partial charge in [0.25, 0.3) is 5.91 Å². The molecule has 0 radical (unpaired) electrons. The quantitative estimate of drug-likeness (QED) is 0.280. The van der Waals surface area contributed by atoms with Gasteiger partial charge in [0, 0.05) is 5.56 Å². The highest BCUT2D eigenvalue weighted by Gasteiger charge is 2.04. The highest BCUT2D eigenvalue weighted by atomic mass is 16.5. The van der Waals surface area contributed by atoms with Gasteiger partial charge in [-0.2, -0.15) is 5.10 Å². The summed E-state index contributed by atoms with van der Waals surface area (Å²) in [4.78, 5) is 12.1. The molecule has 0 spiro atoms. The van der Waals surface area contributed by atoms with Crippen LogP contribution in [0.2, 0.25) is 0 Å². The lowest BCUT2D eigenvalue weighted by Gasteiger charge is -2.09. The Kier molecular flexibility index (Phi) is 7.48. The molecule has 33 heavy (non-hydrogen) atoms. The lowest BCUT2D eigenvalue weighted by Crippen LogP contribution is -2.24. The van der Waals surface area contributed by atoms with Crippen molar-refractivity contribution in [2.45, 2.75) is 6.61 Å². The van der Waals surface area contributed by atoms with Gasteiger partial charge in [-0.25, -0.2) is 5.43 Å². The van der Waals surface area contributed by atoms with Crippen LogP contribution in [0, 0.1) is 0 Å². The number of carbonyl (C=O) groups is 1. The van der Waals surface area contributed by atoms with E-state index in [1.54, 1.807) is 6.21 Å². The van der Waals surface area contributed by atoms with Crippen molar-refractivity contribution in [2.24, 2.45) is 5.10 Å². The summed E-state index contributed by atoms with van der Waals surface area (Å²) in [6.07, 6.45) is 1.56. The van der Waals surface area contributed by atoms with Crippen molar-refractivity contribution in [3.8, 4) is 22.6 Å². The Labute approximate surface area is 193 Å². The SMILES string of the molecule is O=C(COc1ccc(-c2ccccc2)cc1)N/N=C/c1ccccc1OCc1ccccc1. The molecule has 0 aromatic heterocycles. The molecule has 1 amide bonds. The van der Waals surface area contributed by atoms with Crippen molar-refractivity contribution in [1.82, 2.24) is 5.43 Å². The average Bonchev–Trinajstić information content (AvgIpc) is 2.88. The number of hydrogen-bond acceptors (Lipinski definition) is 4. The van der Waals surface area contributed by atoms with Gasteiger partial charge in [0.2, 0.25) is 0 Å². The normalized spacial score (nSPS) is 10.7. The number of benzene rings is 4. The Bertz CT molecular complexity index is 1190. The number of carbonyl (C=O) groups excluding carboxylic acids is 1. The van der Waals surface area contributed by atoms with Gasteiger partial charge in [0.05, 0.1) is 6.21 Å². The second kappa shape index (κ2) is 11.3. The number of nitrogens with one attached hydrogen (secondary N) is 1. The standard InChI is InChI=1S/C28H24N2O3/c31-28(21-32-26-17-15-24(16-18-26)23-11-5-2-6-12-23)30-29-19-25-13-7-8-14-27(25)33-20-22-9-3-1-4-10-22/h1-19H,20-21H2,(H,30,31)/b29-19+. The van der Waals surface area contributed by atoms with E-state index in [2.05, 4.69) is 10.5 Å². The molecule has 0 fully saturated rings. The van der Waals surface area contributed by atoms with Gasteiger partial charge in [-0.1, -0.05) is 84.9 Å². The first kappa shape index (κ1) is 21.8. The Morgan fingerprint density at radius 3 is 2.12 bits per heavy atom. The molecule has 0 heterocycles. The van der Waals surface area contributed by atoms with E-state index in [-0.39, 0.29) is 12.5 Å². The van der Waals surface area contributed by atoms with Crippen molar-refractivity contribution < 1.29 is 14.3 Å². The van der Waals surface area contributed by atoms with Crippen LogP contribution >= 0.6 is 0 Å². The molecular formula is C28H24N2O3. The summed E-state index contributed by atoms with van der Waals surface area (Å²) < 4.78 is 11.5. The Morgan fingerprint density at radius 1 is 0.727 bits per heavy atom. The molecule has 0 saturated heterocycles. The fraction of sp³-hybridized carbons (Fsp3) is 0.0714. The first-order valence-electron chi connectivity index (χ1n) is 10.6. The van der Waals surface area contributed by atoms with Crippen LogP contribution in [0.15, 0.2) is 114 Å². The number of amides is 1. The van der Waals surface area contributed by atoms with Crippen LogP contribution < -0.4 is 14.9 Å². The number of hydrazone groups is 1. The summed E-state index contributed by atoms with van der Waals surface area (Å²) >= 11 is 0. The summed E-state index contributed by atoms with van der Waals surface area (Å²) in [5, 5.41) is 4.04. The zero-order valence-corrected chi connectivity index (χ0v) is 18.1. The predicted molar refractivity (Wildman–Crippen MR) is 130 cm³/mol. The van der Waals surface area contributed by atoms with E-state index < -0.39 is 0 Å². The monoisotopic (exact) mass is 436 g/mol. The minimum absolute atomic E-state index is 0.131. The average molecular weight is 437 g/mol. The summed E-state index contributed by atoms with van der Waals surface area (Å²) in [6.45, 7) is 0.323. The van der Waals surface area contributed by atoms with Gasteiger partial charge in [-0.05, 0) is 41.0 Å². The second-order valence-corrected chi connectivity index (χ2v) is 7.28. The lowest BCUT2D eigenvalue weighted by molar-refractivity contribution is -0.123. The molecule has 164 valence electrons. The minimum atomic E-state index is -0.346. The Balaban J connectivity index is 1.26. The summed E-state index contributed by atoms with van der Waals surface area (Å²) in [7, 11) is 0. The molecule has 4 aromatic carbocycles. The highest BCUT2D eigenvalue weighted by molar-refractivity contribution is 5.85. The lowest BCUT2D eigenvalue weighted by atomic mass is 10.1. The van der Waals surface area contributed by atoms with Crippen LogP contribution in [0.1, 0.15) is 11.1 Å². The van der Waals surface area contributed by atoms with Crippen molar-refractivity contribution in [3.05, 3.63) is 120 Å². The van der Waals surface area contributed by atoms with E-state index in [0.29, 0.717) is 18.1 Å². The third-order valence-corrected chi connectivity index (χ3v) is 4.88. The minimum Gasteiger partial charge on any atom is -0.488 e. The van der Waals surface area contributed by atoms with E-state index in [0.717, 1.165) is 22.3 Å². The first-order chi connectivity index (χ1) is 16.3. The highest BCUT2D eigenvalue weighted by Crippen LogP contribution is 2.22. The maximum absolute atomic E-state index is 12.1. The Morgan fingerprint density at radius 2 is 1.36 bits per heavy atom. The van der Waals surface area contributed by atoms with Crippen LogP contribution in [0.3, 0.4) is 0 Å². The number of ether oxygens (including phenoxy) is 2. The van der Waals surface area contributed by atoms with Crippen LogP contribution in [0.4, 0.5) is 0 Å². The predicted octanol–water partition coefficient (Wildman–Crippen LogP) is 5.46. The molecule has 5 heteroatoms. The zero-order chi connectivity index (χ0) is 22.7. The third-order valence-electron chi connectivity index (χ3n) is 4.88. The van der Waals surface area contributed by atoms with E-state index in [4.69, 9.17) is 9.47 Å². The molecule has 0 unspecified atom stereocenters. The molecular weight excluding hydrogens is 412 g/mol. The maximum Gasteiger partial charge on any atom is 0.277 e. The van der Waals surface area contributed by atoms with Crippen LogP contribution in [0.5, 0.6) is 11.5 Å². The number of rotatable bonds is 9.